The van der Waals surface area contributed by atoms with Gasteiger partial charge in [0, 0.05) is 12.8 Å². The van der Waals surface area contributed by atoms with Gasteiger partial charge in [-0.25, -0.2) is 4.79 Å². The van der Waals surface area contributed by atoms with Crippen molar-refractivity contribution in [2.75, 3.05) is 0 Å². The van der Waals surface area contributed by atoms with E-state index in [1.54, 1.807) is 6.07 Å². The molecule has 0 saturated heterocycles. The smallest absolute Gasteiger partial charge is 0.312 e. The van der Waals surface area contributed by atoms with Crippen LogP contribution in [-0.4, -0.2) is 11.7 Å². The largest absolute Gasteiger partial charge is 0.375 e. The third-order valence-corrected chi connectivity index (χ3v) is 3.74. The minimum absolute atomic E-state index is 0.381. The lowest BCUT2D eigenvalue weighted by molar-refractivity contribution is 0.0521. The van der Waals surface area contributed by atoms with E-state index >= 15 is 0 Å². The van der Waals surface area contributed by atoms with Crippen LogP contribution < -0.4 is 0 Å². The maximum absolute atomic E-state index is 11.6. The van der Waals surface area contributed by atoms with Crippen molar-refractivity contribution in [1.29, 1.82) is 0 Å². The van der Waals surface area contributed by atoms with Crippen molar-refractivity contribution in [3.05, 3.63) is 57.8 Å². The Labute approximate surface area is 109 Å². The van der Waals surface area contributed by atoms with Gasteiger partial charge in [0.2, 0.25) is 0 Å². The summed E-state index contributed by atoms with van der Waals surface area (Å²) in [5.41, 5.74) is 3.44. The Hall–Kier alpha value is -1.94. The SMILES string of the molecule is O=C(ON=C1Cc2ccccc2C1)c1cccs1. The average molecular weight is 257 g/mol. The molecule has 1 heterocycles. The quantitative estimate of drug-likeness (QED) is 0.612. The van der Waals surface area contributed by atoms with E-state index in [-0.39, 0.29) is 5.97 Å². The summed E-state index contributed by atoms with van der Waals surface area (Å²) in [5.74, 6) is -0.381. The number of hydrogen-bond donors (Lipinski definition) is 0. The van der Waals surface area contributed by atoms with E-state index in [9.17, 15) is 4.79 Å². The predicted octanol–water partition coefficient (Wildman–Crippen LogP) is 3.06. The molecule has 1 aliphatic rings. The van der Waals surface area contributed by atoms with Crippen LogP contribution in [0, 0.1) is 0 Å². The summed E-state index contributed by atoms with van der Waals surface area (Å²) >= 11 is 1.36. The Morgan fingerprint density at radius 2 is 1.83 bits per heavy atom. The predicted molar refractivity (Wildman–Crippen MR) is 71.0 cm³/mol. The zero-order valence-electron chi connectivity index (χ0n) is 9.63. The number of oxime groups is 1. The van der Waals surface area contributed by atoms with E-state index in [0.717, 1.165) is 18.6 Å². The fraction of sp³-hybridized carbons (Fsp3) is 0.143. The Kier molecular flexibility index (Phi) is 2.94. The monoisotopic (exact) mass is 257 g/mol. The first-order valence-electron chi connectivity index (χ1n) is 5.70. The van der Waals surface area contributed by atoms with E-state index < -0.39 is 0 Å². The molecule has 3 rings (SSSR count). The molecule has 18 heavy (non-hydrogen) atoms. The highest BCUT2D eigenvalue weighted by atomic mass is 32.1. The second kappa shape index (κ2) is 4.74. The Balaban J connectivity index is 1.68. The van der Waals surface area contributed by atoms with Crippen molar-refractivity contribution in [1.82, 2.24) is 0 Å². The van der Waals surface area contributed by atoms with Crippen LogP contribution in [0.25, 0.3) is 0 Å². The van der Waals surface area contributed by atoms with Crippen molar-refractivity contribution in [3.8, 4) is 0 Å². The van der Waals surface area contributed by atoms with Crippen molar-refractivity contribution in [2.24, 2.45) is 5.16 Å². The van der Waals surface area contributed by atoms with Crippen molar-refractivity contribution < 1.29 is 9.63 Å². The van der Waals surface area contributed by atoms with E-state index in [1.165, 1.54) is 22.5 Å². The Bertz CT molecular complexity index is 575. The molecule has 0 saturated carbocycles. The first-order valence-corrected chi connectivity index (χ1v) is 6.58. The maximum atomic E-state index is 11.6. The van der Waals surface area contributed by atoms with Crippen LogP contribution in [0.3, 0.4) is 0 Å². The van der Waals surface area contributed by atoms with E-state index in [1.807, 2.05) is 23.6 Å². The molecule has 4 heteroatoms. The third kappa shape index (κ3) is 2.19. The molecule has 0 fully saturated rings. The Morgan fingerprint density at radius 1 is 1.11 bits per heavy atom. The molecule has 1 aromatic carbocycles. The minimum Gasteiger partial charge on any atom is -0.312 e. The topological polar surface area (TPSA) is 38.7 Å². The first-order chi connectivity index (χ1) is 8.83. The normalized spacial score (nSPS) is 13.2. The molecule has 0 atom stereocenters. The number of carbonyl (C=O) groups is 1. The molecule has 0 spiro atoms. The molecule has 90 valence electrons. The molecule has 0 amide bonds. The highest BCUT2D eigenvalue weighted by Crippen LogP contribution is 2.20. The van der Waals surface area contributed by atoms with Crippen molar-refractivity contribution >= 4 is 23.0 Å². The number of thiophene rings is 1. The lowest BCUT2D eigenvalue weighted by Crippen LogP contribution is -2.03. The van der Waals surface area contributed by atoms with Gasteiger partial charge in [-0.3, -0.25) is 0 Å². The van der Waals surface area contributed by atoms with Crippen molar-refractivity contribution in [3.63, 3.8) is 0 Å². The van der Waals surface area contributed by atoms with Crippen LogP contribution in [0.1, 0.15) is 20.8 Å². The standard InChI is InChI=1S/C14H11NO2S/c16-14(13-6-3-7-18-13)17-15-12-8-10-4-1-2-5-11(10)9-12/h1-7H,8-9H2. The van der Waals surface area contributed by atoms with Gasteiger partial charge in [-0.15, -0.1) is 11.3 Å². The summed E-state index contributed by atoms with van der Waals surface area (Å²) in [6, 6.07) is 11.7. The van der Waals surface area contributed by atoms with Crippen LogP contribution in [0.2, 0.25) is 0 Å². The maximum Gasteiger partial charge on any atom is 0.375 e. The molecular formula is C14H11NO2S. The minimum atomic E-state index is -0.381. The zero-order chi connectivity index (χ0) is 12.4. The molecule has 0 radical (unpaired) electrons. The fourth-order valence-electron chi connectivity index (χ4n) is 2.01. The summed E-state index contributed by atoms with van der Waals surface area (Å²) in [6.07, 6.45) is 1.54. The van der Waals surface area contributed by atoms with Gasteiger partial charge in [-0.1, -0.05) is 35.5 Å². The lowest BCUT2D eigenvalue weighted by Gasteiger charge is -1.96. The number of carbonyl (C=O) groups excluding carboxylic acids is 1. The molecular weight excluding hydrogens is 246 g/mol. The van der Waals surface area contributed by atoms with Crippen LogP contribution in [0.15, 0.2) is 46.9 Å². The van der Waals surface area contributed by atoms with Crippen LogP contribution in [0.5, 0.6) is 0 Å². The number of hydrogen-bond acceptors (Lipinski definition) is 4. The average Bonchev–Trinajstić information content (AvgIpc) is 3.04. The van der Waals surface area contributed by atoms with Gasteiger partial charge < -0.3 is 4.84 Å². The summed E-state index contributed by atoms with van der Waals surface area (Å²) in [7, 11) is 0. The highest BCUT2D eigenvalue weighted by molar-refractivity contribution is 7.11. The fourth-order valence-corrected chi connectivity index (χ4v) is 2.61. The summed E-state index contributed by atoms with van der Waals surface area (Å²) in [4.78, 5) is 17.2. The molecule has 1 aromatic heterocycles. The van der Waals surface area contributed by atoms with Crippen LogP contribution in [-0.2, 0) is 17.7 Å². The third-order valence-electron chi connectivity index (χ3n) is 2.89. The van der Waals surface area contributed by atoms with E-state index in [2.05, 4.69) is 17.3 Å². The zero-order valence-corrected chi connectivity index (χ0v) is 10.4. The van der Waals surface area contributed by atoms with Gasteiger partial charge in [0.25, 0.3) is 0 Å². The molecule has 3 nitrogen and oxygen atoms in total. The van der Waals surface area contributed by atoms with Crippen LogP contribution >= 0.6 is 11.3 Å². The van der Waals surface area contributed by atoms with E-state index in [0.29, 0.717) is 4.88 Å². The van der Waals surface area contributed by atoms with Gasteiger partial charge in [-0.2, -0.15) is 0 Å². The number of benzene rings is 1. The van der Waals surface area contributed by atoms with Gasteiger partial charge in [0.05, 0.1) is 5.71 Å². The summed E-state index contributed by atoms with van der Waals surface area (Å²) in [6.45, 7) is 0. The first kappa shape index (κ1) is 11.2. The van der Waals surface area contributed by atoms with E-state index in [4.69, 9.17) is 4.84 Å². The molecule has 0 N–H and O–H groups in total. The summed E-state index contributed by atoms with van der Waals surface area (Å²) < 4.78 is 0. The lowest BCUT2D eigenvalue weighted by atomic mass is 10.1. The van der Waals surface area contributed by atoms with Crippen LogP contribution in [0.4, 0.5) is 0 Å². The Morgan fingerprint density at radius 3 is 2.44 bits per heavy atom. The van der Waals surface area contributed by atoms with Gasteiger partial charge in [0.1, 0.15) is 4.88 Å². The summed E-state index contributed by atoms with van der Waals surface area (Å²) in [5, 5.41) is 5.81. The van der Waals surface area contributed by atoms with Gasteiger partial charge >= 0.3 is 5.97 Å². The van der Waals surface area contributed by atoms with Gasteiger partial charge in [0.15, 0.2) is 0 Å². The second-order valence-electron chi connectivity index (χ2n) is 4.14. The second-order valence-corrected chi connectivity index (χ2v) is 5.08. The number of nitrogens with zero attached hydrogens (tertiary/aromatic N) is 1. The molecule has 0 bridgehead atoms. The molecule has 0 unspecified atom stereocenters. The molecule has 0 aliphatic heterocycles. The highest BCUT2D eigenvalue weighted by Gasteiger charge is 2.17. The molecule has 1 aliphatic carbocycles. The van der Waals surface area contributed by atoms with Gasteiger partial charge in [-0.05, 0) is 22.6 Å². The van der Waals surface area contributed by atoms with Crippen molar-refractivity contribution in [2.45, 2.75) is 12.8 Å². The number of rotatable bonds is 2. The number of fused-ring (bicyclic) bond motifs is 1. The molecule has 2 aromatic rings.